The molecule has 2 fully saturated rings. The van der Waals surface area contributed by atoms with Gasteiger partial charge in [-0.1, -0.05) is 82.4 Å². The summed E-state index contributed by atoms with van der Waals surface area (Å²) in [6.07, 6.45) is 10.7. The van der Waals surface area contributed by atoms with Crippen molar-refractivity contribution >= 4 is 10.0 Å². The maximum Gasteiger partial charge on any atom is 0.240 e. The molecule has 8 heteroatoms. The first kappa shape index (κ1) is 29.5. The number of benzene rings is 1. The van der Waals surface area contributed by atoms with Crippen LogP contribution in [-0.4, -0.2) is 51.5 Å². The molecule has 5 atom stereocenters. The van der Waals surface area contributed by atoms with Gasteiger partial charge in [0.05, 0.1) is 4.90 Å². The van der Waals surface area contributed by atoms with Crippen LogP contribution in [0, 0.1) is 6.92 Å². The van der Waals surface area contributed by atoms with E-state index in [0.29, 0.717) is 6.61 Å². The zero-order valence-corrected chi connectivity index (χ0v) is 23.6. The second kappa shape index (κ2) is 13.7. The quantitative estimate of drug-likeness (QED) is 0.273. The van der Waals surface area contributed by atoms with Gasteiger partial charge in [-0.2, -0.15) is 0 Å². The third kappa shape index (κ3) is 8.50. The molecule has 2 heterocycles. The van der Waals surface area contributed by atoms with Crippen LogP contribution in [0.25, 0.3) is 0 Å². The Kier molecular flexibility index (Phi) is 11.2. The zero-order valence-electron chi connectivity index (χ0n) is 22.8. The Morgan fingerprint density at radius 2 is 1.47 bits per heavy atom. The van der Waals surface area contributed by atoms with E-state index in [2.05, 4.69) is 11.6 Å². The van der Waals surface area contributed by atoms with Crippen LogP contribution in [0.2, 0.25) is 0 Å². The summed E-state index contributed by atoms with van der Waals surface area (Å²) < 4.78 is 53.1. The van der Waals surface area contributed by atoms with E-state index in [9.17, 15) is 8.42 Å². The van der Waals surface area contributed by atoms with Crippen molar-refractivity contribution in [3.63, 3.8) is 0 Å². The molecule has 2 aliphatic heterocycles. The summed E-state index contributed by atoms with van der Waals surface area (Å²) in [7, 11) is -3.69. The number of sulfonamides is 1. The highest BCUT2D eigenvalue weighted by atomic mass is 32.2. The van der Waals surface area contributed by atoms with Gasteiger partial charge in [-0.15, -0.1) is 0 Å². The van der Waals surface area contributed by atoms with Crippen molar-refractivity contribution in [2.45, 2.75) is 140 Å². The van der Waals surface area contributed by atoms with E-state index >= 15 is 0 Å². The molecule has 0 unspecified atom stereocenters. The Morgan fingerprint density at radius 3 is 2.08 bits per heavy atom. The first-order chi connectivity index (χ1) is 17.1. The maximum absolute atomic E-state index is 12.9. The van der Waals surface area contributed by atoms with Crippen LogP contribution in [0.15, 0.2) is 29.2 Å². The molecule has 206 valence electrons. The van der Waals surface area contributed by atoms with Crippen molar-refractivity contribution in [2.24, 2.45) is 0 Å². The monoisotopic (exact) mass is 525 g/mol. The molecule has 1 N–H and O–H groups in total. The fourth-order valence-electron chi connectivity index (χ4n) is 5.01. The highest BCUT2D eigenvalue weighted by Crippen LogP contribution is 2.40. The number of unbranched alkanes of at least 4 members (excludes halogenated alkanes) is 9. The Bertz CT molecular complexity index is 888. The van der Waals surface area contributed by atoms with E-state index in [0.717, 1.165) is 18.4 Å². The number of fused-ring (bicyclic) bond motifs is 1. The van der Waals surface area contributed by atoms with Gasteiger partial charge in [0.2, 0.25) is 10.0 Å². The van der Waals surface area contributed by atoms with Crippen LogP contribution in [-0.2, 0) is 29.0 Å². The molecule has 2 saturated heterocycles. The van der Waals surface area contributed by atoms with E-state index in [1.165, 1.54) is 51.4 Å². The van der Waals surface area contributed by atoms with Gasteiger partial charge in [-0.05, 0) is 46.2 Å². The van der Waals surface area contributed by atoms with Crippen LogP contribution < -0.4 is 4.72 Å². The van der Waals surface area contributed by atoms with Crippen molar-refractivity contribution in [2.75, 3.05) is 6.61 Å². The number of aryl methyl sites for hydroxylation is 1. The van der Waals surface area contributed by atoms with E-state index < -0.39 is 40.4 Å². The van der Waals surface area contributed by atoms with Crippen LogP contribution in [0.1, 0.15) is 97.5 Å². The Hall–Kier alpha value is -1.03. The second-order valence-electron chi connectivity index (χ2n) is 10.8. The molecule has 36 heavy (non-hydrogen) atoms. The lowest BCUT2D eigenvalue weighted by Gasteiger charge is -2.27. The minimum atomic E-state index is -3.69. The van der Waals surface area contributed by atoms with E-state index in [1.54, 1.807) is 31.2 Å². The fraction of sp³-hybridized carbons (Fsp3) is 0.786. The molecule has 0 bridgehead atoms. The molecular formula is C28H47NO6S. The van der Waals surface area contributed by atoms with Crippen molar-refractivity contribution < 1.29 is 27.4 Å². The van der Waals surface area contributed by atoms with Crippen molar-refractivity contribution in [1.82, 2.24) is 4.72 Å². The predicted molar refractivity (Wildman–Crippen MR) is 141 cm³/mol. The molecule has 3 rings (SSSR count). The minimum absolute atomic E-state index is 0.229. The highest BCUT2D eigenvalue weighted by molar-refractivity contribution is 7.89. The largest absolute Gasteiger partial charge is 0.350 e. The molecule has 0 aromatic heterocycles. The first-order valence-electron chi connectivity index (χ1n) is 13.8. The van der Waals surface area contributed by atoms with Crippen molar-refractivity contribution in [1.29, 1.82) is 0 Å². The average Bonchev–Trinajstić information content (AvgIpc) is 3.30. The van der Waals surface area contributed by atoms with Crippen molar-refractivity contribution in [3.05, 3.63) is 29.8 Å². The molecule has 0 saturated carbocycles. The molecule has 1 aromatic carbocycles. The molecule has 0 aliphatic carbocycles. The van der Waals surface area contributed by atoms with Gasteiger partial charge in [0, 0.05) is 12.6 Å². The summed E-state index contributed by atoms with van der Waals surface area (Å²) in [5.41, 5.74) is 1.00. The maximum atomic E-state index is 12.9. The van der Waals surface area contributed by atoms with Gasteiger partial charge in [0.25, 0.3) is 0 Å². The normalized spacial score (nSPS) is 26.2. The van der Waals surface area contributed by atoms with Crippen LogP contribution >= 0.6 is 0 Å². The number of nitrogens with one attached hydrogen (secondary N) is 1. The number of rotatable bonds is 16. The van der Waals surface area contributed by atoms with Crippen molar-refractivity contribution in [3.8, 4) is 0 Å². The fourth-order valence-corrected chi connectivity index (χ4v) is 6.27. The summed E-state index contributed by atoms with van der Waals surface area (Å²) >= 11 is 0. The van der Waals surface area contributed by atoms with Gasteiger partial charge < -0.3 is 18.9 Å². The average molecular weight is 526 g/mol. The second-order valence-corrected chi connectivity index (χ2v) is 12.5. The first-order valence-corrected chi connectivity index (χ1v) is 15.3. The highest BCUT2D eigenvalue weighted by Gasteiger charge is 2.57. The lowest BCUT2D eigenvalue weighted by Crippen LogP contribution is -2.47. The molecule has 1 aromatic rings. The smallest absolute Gasteiger partial charge is 0.240 e. The standard InChI is InChI=1S/C28H47NO6S/c1-6-7-8-9-10-11-12-13-14-15-20-32-27-26-25(34-28(4,5)35-26)24(33-27)22(3)29-36(30,31)23-18-16-21(2)17-19-23/h16-19,22,24-27,29H,6-15,20H2,1-5H3/t22-,24+,25-,26-,27-/m0/s1. The molecule has 0 spiro atoms. The lowest BCUT2D eigenvalue weighted by atomic mass is 10.1. The van der Waals surface area contributed by atoms with Crippen LogP contribution in [0.5, 0.6) is 0 Å². The van der Waals surface area contributed by atoms with Crippen LogP contribution in [0.4, 0.5) is 0 Å². The third-order valence-electron chi connectivity index (χ3n) is 6.99. The van der Waals surface area contributed by atoms with E-state index in [4.69, 9.17) is 18.9 Å². The van der Waals surface area contributed by atoms with E-state index in [-0.39, 0.29) is 11.0 Å². The molecule has 7 nitrogen and oxygen atoms in total. The summed E-state index contributed by atoms with van der Waals surface area (Å²) in [4.78, 5) is 0.229. The third-order valence-corrected chi connectivity index (χ3v) is 8.57. The topological polar surface area (TPSA) is 83.1 Å². The predicted octanol–water partition coefficient (Wildman–Crippen LogP) is 5.84. The summed E-state index contributed by atoms with van der Waals surface area (Å²) in [5, 5.41) is 0. The number of hydrogen-bond donors (Lipinski definition) is 1. The summed E-state index contributed by atoms with van der Waals surface area (Å²) in [6.45, 7) is 10.3. The molecule has 0 radical (unpaired) electrons. The van der Waals surface area contributed by atoms with Crippen LogP contribution in [0.3, 0.4) is 0 Å². The summed E-state index contributed by atoms with van der Waals surface area (Å²) in [5.74, 6) is -0.772. The Labute approximate surface area is 218 Å². The summed E-state index contributed by atoms with van der Waals surface area (Å²) in [6, 6.07) is 6.27. The number of ether oxygens (including phenoxy) is 4. The van der Waals surface area contributed by atoms with Gasteiger partial charge >= 0.3 is 0 Å². The van der Waals surface area contributed by atoms with E-state index in [1.807, 2.05) is 20.8 Å². The zero-order chi connectivity index (χ0) is 26.2. The molecular weight excluding hydrogens is 478 g/mol. The molecule has 2 aliphatic rings. The van der Waals surface area contributed by atoms with Gasteiger partial charge in [0.15, 0.2) is 12.1 Å². The van der Waals surface area contributed by atoms with Gasteiger partial charge in [-0.3, -0.25) is 0 Å². The number of hydrogen-bond acceptors (Lipinski definition) is 6. The van der Waals surface area contributed by atoms with Gasteiger partial charge in [0.1, 0.15) is 18.3 Å². The minimum Gasteiger partial charge on any atom is -0.350 e. The Morgan fingerprint density at radius 1 is 0.917 bits per heavy atom. The lowest BCUT2D eigenvalue weighted by molar-refractivity contribution is -0.235. The Balaban J connectivity index is 1.46. The molecule has 0 amide bonds. The SMILES string of the molecule is CCCCCCCCCCCCO[C@H]1O[C@H]([C@H](C)NS(=O)(=O)c2ccc(C)cc2)[C@@H]2OC(C)(C)O[C@H]12. The van der Waals surface area contributed by atoms with Gasteiger partial charge in [-0.25, -0.2) is 13.1 Å².